The molecule has 0 saturated heterocycles. The van der Waals surface area contributed by atoms with E-state index in [4.69, 9.17) is 4.74 Å². The van der Waals surface area contributed by atoms with E-state index in [1.807, 2.05) is 30.3 Å². The highest BCUT2D eigenvalue weighted by atomic mass is 16.5. The zero-order valence-electron chi connectivity index (χ0n) is 15.4. The molecule has 2 heterocycles. The molecule has 138 valence electrons. The number of hydrogen-bond donors (Lipinski definition) is 3. The maximum Gasteiger partial charge on any atom is 0.243 e. The van der Waals surface area contributed by atoms with Crippen LogP contribution in [-0.4, -0.2) is 29.3 Å². The minimum Gasteiger partial charge on any atom is -0.497 e. The molecule has 1 amide bonds. The number of fused-ring (bicyclic) bond motifs is 1. The molecule has 6 nitrogen and oxygen atoms in total. The lowest BCUT2D eigenvalue weighted by Crippen LogP contribution is -2.38. The fourth-order valence-corrected chi connectivity index (χ4v) is 3.41. The van der Waals surface area contributed by atoms with Gasteiger partial charge in [-0.25, -0.2) is 0 Å². The molecule has 0 fully saturated rings. The zero-order chi connectivity index (χ0) is 18.8. The van der Waals surface area contributed by atoms with Crippen molar-refractivity contribution in [2.45, 2.75) is 25.9 Å². The van der Waals surface area contributed by atoms with E-state index in [2.05, 4.69) is 39.9 Å². The van der Waals surface area contributed by atoms with Crippen molar-refractivity contribution >= 4 is 11.6 Å². The van der Waals surface area contributed by atoms with Crippen LogP contribution in [0, 0.1) is 6.92 Å². The maximum absolute atomic E-state index is 12.6. The molecular weight excluding hydrogens is 340 g/mol. The molecule has 0 spiro atoms. The van der Waals surface area contributed by atoms with Gasteiger partial charge in [0, 0.05) is 29.8 Å². The van der Waals surface area contributed by atoms with E-state index in [0.29, 0.717) is 13.0 Å². The first-order valence-electron chi connectivity index (χ1n) is 8.94. The number of hydrogen-bond acceptors (Lipinski definition) is 4. The first-order valence-corrected chi connectivity index (χ1v) is 8.94. The average Bonchev–Trinajstić information content (AvgIpc) is 3.32. The number of amides is 1. The smallest absolute Gasteiger partial charge is 0.243 e. The van der Waals surface area contributed by atoms with Gasteiger partial charge < -0.3 is 15.4 Å². The van der Waals surface area contributed by atoms with Crippen molar-refractivity contribution < 1.29 is 9.53 Å². The van der Waals surface area contributed by atoms with Crippen LogP contribution in [0.4, 0.5) is 5.69 Å². The Kier molecular flexibility index (Phi) is 4.54. The number of H-pyrrole nitrogens is 1. The van der Waals surface area contributed by atoms with Gasteiger partial charge in [-0.05, 0) is 42.8 Å². The summed E-state index contributed by atoms with van der Waals surface area (Å²) < 4.78 is 5.20. The van der Waals surface area contributed by atoms with Crippen LogP contribution in [-0.2, 0) is 17.8 Å². The molecule has 1 aromatic heterocycles. The maximum atomic E-state index is 12.6. The van der Waals surface area contributed by atoms with Crippen molar-refractivity contribution in [1.29, 1.82) is 0 Å². The lowest BCUT2D eigenvalue weighted by molar-refractivity contribution is -0.121. The Morgan fingerprint density at radius 2 is 2.07 bits per heavy atom. The van der Waals surface area contributed by atoms with Crippen molar-refractivity contribution in [3.8, 4) is 17.0 Å². The number of nitrogens with one attached hydrogen (secondary N) is 3. The molecule has 6 heteroatoms. The second kappa shape index (κ2) is 7.15. The molecule has 3 aromatic rings. The molecule has 0 saturated carbocycles. The topological polar surface area (TPSA) is 79.0 Å². The van der Waals surface area contributed by atoms with Crippen molar-refractivity contribution in [3.63, 3.8) is 0 Å². The van der Waals surface area contributed by atoms with Gasteiger partial charge in [-0.2, -0.15) is 5.10 Å². The summed E-state index contributed by atoms with van der Waals surface area (Å²) in [7, 11) is 1.64. The predicted octanol–water partition coefficient (Wildman–Crippen LogP) is 3.05. The van der Waals surface area contributed by atoms with Gasteiger partial charge in [0.05, 0.1) is 19.0 Å². The number of aromatic nitrogens is 2. The van der Waals surface area contributed by atoms with Crippen LogP contribution in [0.3, 0.4) is 0 Å². The lowest BCUT2D eigenvalue weighted by Gasteiger charge is -2.12. The van der Waals surface area contributed by atoms with Crippen molar-refractivity contribution in [1.82, 2.24) is 15.5 Å². The van der Waals surface area contributed by atoms with E-state index >= 15 is 0 Å². The van der Waals surface area contributed by atoms with Crippen molar-refractivity contribution in [2.75, 3.05) is 12.4 Å². The molecule has 1 aliphatic heterocycles. The average molecular weight is 362 g/mol. The Hall–Kier alpha value is -3.28. The van der Waals surface area contributed by atoms with E-state index in [1.54, 1.807) is 13.3 Å². The number of anilines is 1. The number of rotatable bonds is 5. The second-order valence-electron chi connectivity index (χ2n) is 6.78. The van der Waals surface area contributed by atoms with Crippen LogP contribution in [0.25, 0.3) is 11.3 Å². The van der Waals surface area contributed by atoms with Gasteiger partial charge in [-0.3, -0.25) is 9.89 Å². The van der Waals surface area contributed by atoms with Crippen molar-refractivity contribution in [3.05, 3.63) is 65.4 Å². The summed E-state index contributed by atoms with van der Waals surface area (Å²) in [6, 6.07) is 13.7. The third-order valence-electron chi connectivity index (χ3n) is 4.88. The van der Waals surface area contributed by atoms with Gasteiger partial charge in [-0.1, -0.05) is 17.7 Å². The molecule has 27 heavy (non-hydrogen) atoms. The summed E-state index contributed by atoms with van der Waals surface area (Å²) in [5, 5.41) is 13.5. The number of carbonyl (C=O) groups excluding carboxylic acids is 1. The summed E-state index contributed by atoms with van der Waals surface area (Å²) in [5.74, 6) is 0.793. The van der Waals surface area contributed by atoms with Gasteiger partial charge in [0.1, 0.15) is 11.8 Å². The molecule has 0 bridgehead atoms. The molecule has 1 aliphatic rings. The number of nitrogens with zero attached hydrogens (tertiary/aromatic N) is 1. The predicted molar refractivity (Wildman–Crippen MR) is 105 cm³/mol. The third kappa shape index (κ3) is 3.51. The first kappa shape index (κ1) is 17.1. The summed E-state index contributed by atoms with van der Waals surface area (Å²) in [4.78, 5) is 12.6. The number of methoxy groups -OCH3 is 1. The highest BCUT2D eigenvalue weighted by Gasteiger charge is 2.26. The summed E-state index contributed by atoms with van der Waals surface area (Å²) in [5.41, 5.74) is 6.29. The van der Waals surface area contributed by atoms with Crippen LogP contribution in [0.2, 0.25) is 0 Å². The normalized spacial score (nSPS) is 15.1. The number of aromatic amines is 1. The SMILES string of the molecule is COc1ccc(-c2[nH]ncc2CNC(=O)[C@@H]2Cc3cc(C)ccc3N2)cc1. The third-order valence-corrected chi connectivity index (χ3v) is 4.88. The Morgan fingerprint density at radius 3 is 2.85 bits per heavy atom. The molecule has 4 rings (SSSR count). The van der Waals surface area contributed by atoms with Gasteiger partial charge in [0.15, 0.2) is 0 Å². The van der Waals surface area contributed by atoms with Crippen LogP contribution in [0.1, 0.15) is 16.7 Å². The van der Waals surface area contributed by atoms with E-state index < -0.39 is 0 Å². The number of benzene rings is 2. The Bertz CT molecular complexity index is 963. The quantitative estimate of drug-likeness (QED) is 0.652. The van der Waals surface area contributed by atoms with Gasteiger partial charge in [0.25, 0.3) is 0 Å². The molecular formula is C21H22N4O2. The summed E-state index contributed by atoms with van der Waals surface area (Å²) in [6.07, 6.45) is 2.46. The molecule has 0 aliphatic carbocycles. The number of aryl methyl sites for hydroxylation is 1. The van der Waals surface area contributed by atoms with Gasteiger partial charge in [0.2, 0.25) is 5.91 Å². The second-order valence-corrected chi connectivity index (χ2v) is 6.78. The monoisotopic (exact) mass is 362 g/mol. The standard InChI is InChI=1S/C21H22N4O2/c1-13-3-8-18-15(9-13)10-19(24-18)21(26)22-11-16-12-23-25-20(16)14-4-6-17(27-2)7-5-14/h3-9,12,19,24H,10-11H2,1-2H3,(H,22,26)(H,23,25)/t19-/m0/s1. The Labute approximate surface area is 158 Å². The summed E-state index contributed by atoms with van der Waals surface area (Å²) >= 11 is 0. The summed E-state index contributed by atoms with van der Waals surface area (Å²) in [6.45, 7) is 2.48. The first-order chi connectivity index (χ1) is 13.1. The molecule has 0 radical (unpaired) electrons. The van der Waals surface area contributed by atoms with Gasteiger partial charge >= 0.3 is 0 Å². The van der Waals surface area contributed by atoms with E-state index in [1.165, 1.54) is 11.1 Å². The molecule has 0 unspecified atom stereocenters. The fourth-order valence-electron chi connectivity index (χ4n) is 3.41. The highest BCUT2D eigenvalue weighted by molar-refractivity contribution is 5.87. The minimum atomic E-state index is -0.238. The van der Waals surface area contributed by atoms with Crippen LogP contribution < -0.4 is 15.4 Å². The van der Waals surface area contributed by atoms with Crippen LogP contribution >= 0.6 is 0 Å². The van der Waals surface area contributed by atoms with Crippen LogP contribution in [0.5, 0.6) is 5.75 Å². The lowest BCUT2D eigenvalue weighted by atomic mass is 10.1. The number of ether oxygens (including phenoxy) is 1. The number of carbonyl (C=O) groups is 1. The minimum absolute atomic E-state index is 0.00858. The van der Waals surface area contributed by atoms with Gasteiger partial charge in [-0.15, -0.1) is 0 Å². The molecule has 1 atom stereocenters. The van der Waals surface area contributed by atoms with E-state index in [-0.39, 0.29) is 11.9 Å². The Balaban J connectivity index is 1.41. The van der Waals surface area contributed by atoms with Crippen LogP contribution in [0.15, 0.2) is 48.7 Å². The Morgan fingerprint density at radius 1 is 1.26 bits per heavy atom. The van der Waals surface area contributed by atoms with E-state index in [0.717, 1.165) is 28.3 Å². The molecule has 2 aromatic carbocycles. The van der Waals surface area contributed by atoms with E-state index in [9.17, 15) is 4.79 Å². The zero-order valence-corrected chi connectivity index (χ0v) is 15.4. The largest absolute Gasteiger partial charge is 0.497 e. The fraction of sp³-hybridized carbons (Fsp3) is 0.238. The van der Waals surface area contributed by atoms with Crippen molar-refractivity contribution in [2.24, 2.45) is 0 Å². The molecule has 3 N–H and O–H groups in total. The highest BCUT2D eigenvalue weighted by Crippen LogP contribution is 2.27.